The van der Waals surface area contributed by atoms with Crippen molar-refractivity contribution in [2.75, 3.05) is 23.0 Å². The third-order valence-corrected chi connectivity index (χ3v) is 4.22. The Morgan fingerprint density at radius 2 is 2.47 bits per heavy atom. The molecule has 0 aromatic carbocycles. The highest BCUT2D eigenvalue weighted by Gasteiger charge is 2.21. The fourth-order valence-electron chi connectivity index (χ4n) is 1.82. The number of aromatic nitrogens is 1. The average Bonchev–Trinajstić information content (AvgIpc) is 2.30. The van der Waals surface area contributed by atoms with Crippen LogP contribution in [0.4, 0.5) is 5.82 Å². The van der Waals surface area contributed by atoms with E-state index in [1.165, 1.54) is 6.20 Å². The van der Waals surface area contributed by atoms with Crippen molar-refractivity contribution in [3.8, 4) is 0 Å². The Bertz CT molecular complexity index is 441. The SMILES string of the molecule is CC1CSCCN1c1cc(C(=O)O)c(Cl)cn1. The van der Waals surface area contributed by atoms with Crippen molar-refractivity contribution in [1.29, 1.82) is 0 Å². The van der Waals surface area contributed by atoms with Crippen molar-refractivity contribution >= 4 is 35.1 Å². The van der Waals surface area contributed by atoms with E-state index >= 15 is 0 Å². The van der Waals surface area contributed by atoms with Crippen LogP contribution in [0.3, 0.4) is 0 Å². The molecule has 2 rings (SSSR count). The van der Waals surface area contributed by atoms with E-state index in [-0.39, 0.29) is 10.6 Å². The number of carboxylic acids is 1. The van der Waals surface area contributed by atoms with Gasteiger partial charge in [-0.25, -0.2) is 9.78 Å². The van der Waals surface area contributed by atoms with Crippen molar-refractivity contribution < 1.29 is 9.90 Å². The van der Waals surface area contributed by atoms with Gasteiger partial charge in [0.25, 0.3) is 0 Å². The van der Waals surface area contributed by atoms with Gasteiger partial charge in [0.1, 0.15) is 5.82 Å². The minimum absolute atomic E-state index is 0.113. The summed E-state index contributed by atoms with van der Waals surface area (Å²) in [5.41, 5.74) is 0.113. The van der Waals surface area contributed by atoms with Crippen molar-refractivity contribution in [3.63, 3.8) is 0 Å². The molecule has 1 aliphatic heterocycles. The lowest BCUT2D eigenvalue weighted by atomic mass is 10.2. The van der Waals surface area contributed by atoms with Gasteiger partial charge >= 0.3 is 5.97 Å². The monoisotopic (exact) mass is 272 g/mol. The molecule has 0 spiro atoms. The number of aromatic carboxylic acids is 1. The second-order valence-electron chi connectivity index (χ2n) is 3.94. The first kappa shape index (κ1) is 12.5. The van der Waals surface area contributed by atoms with Crippen molar-refractivity contribution in [2.45, 2.75) is 13.0 Å². The maximum Gasteiger partial charge on any atom is 0.337 e. The molecule has 6 heteroatoms. The van der Waals surface area contributed by atoms with E-state index in [0.29, 0.717) is 11.9 Å². The number of hydrogen-bond acceptors (Lipinski definition) is 4. The van der Waals surface area contributed by atoms with Crippen LogP contribution in [0.5, 0.6) is 0 Å². The van der Waals surface area contributed by atoms with Gasteiger partial charge in [0, 0.05) is 30.3 Å². The summed E-state index contributed by atoms with van der Waals surface area (Å²) in [6.45, 7) is 3.00. The van der Waals surface area contributed by atoms with Gasteiger partial charge in [-0.1, -0.05) is 11.6 Å². The predicted molar refractivity (Wildman–Crippen MR) is 70.3 cm³/mol. The summed E-state index contributed by atoms with van der Waals surface area (Å²) in [5, 5.41) is 9.20. The molecule has 1 N–H and O–H groups in total. The first-order chi connectivity index (χ1) is 8.09. The zero-order valence-corrected chi connectivity index (χ0v) is 11.0. The van der Waals surface area contributed by atoms with Crippen LogP contribution in [0.15, 0.2) is 12.3 Å². The lowest BCUT2D eigenvalue weighted by Gasteiger charge is -2.34. The Morgan fingerprint density at radius 1 is 1.71 bits per heavy atom. The maximum atomic E-state index is 11.0. The van der Waals surface area contributed by atoms with E-state index in [0.717, 1.165) is 18.1 Å². The number of hydrogen-bond donors (Lipinski definition) is 1. The molecule has 92 valence electrons. The number of anilines is 1. The molecule has 1 unspecified atom stereocenters. The topological polar surface area (TPSA) is 53.4 Å². The van der Waals surface area contributed by atoms with Gasteiger partial charge in [0.2, 0.25) is 0 Å². The molecule has 1 fully saturated rings. The molecular formula is C11H13ClN2O2S. The van der Waals surface area contributed by atoms with Crippen LogP contribution in [0.25, 0.3) is 0 Å². The zero-order chi connectivity index (χ0) is 12.4. The Labute approximate surface area is 109 Å². The van der Waals surface area contributed by atoms with Crippen LogP contribution in [-0.4, -0.2) is 40.2 Å². The molecule has 0 bridgehead atoms. The lowest BCUT2D eigenvalue weighted by Crippen LogP contribution is -2.41. The van der Waals surface area contributed by atoms with Crippen LogP contribution < -0.4 is 4.90 Å². The summed E-state index contributed by atoms with van der Waals surface area (Å²) in [7, 11) is 0. The van der Waals surface area contributed by atoms with Crippen molar-refractivity contribution in [1.82, 2.24) is 4.98 Å². The minimum Gasteiger partial charge on any atom is -0.478 e. The number of carboxylic acid groups (broad SMARTS) is 1. The van der Waals surface area contributed by atoms with Crippen LogP contribution in [-0.2, 0) is 0 Å². The van der Waals surface area contributed by atoms with Gasteiger partial charge in [-0.15, -0.1) is 0 Å². The maximum absolute atomic E-state index is 11.0. The van der Waals surface area contributed by atoms with Gasteiger partial charge in [0.15, 0.2) is 0 Å². The predicted octanol–water partition coefficient (Wildman–Crippen LogP) is 2.37. The van der Waals surface area contributed by atoms with Gasteiger partial charge in [-0.05, 0) is 13.0 Å². The Kier molecular flexibility index (Phi) is 3.79. The fraction of sp³-hybridized carbons (Fsp3) is 0.455. The van der Waals surface area contributed by atoms with Gasteiger partial charge < -0.3 is 10.0 Å². The van der Waals surface area contributed by atoms with Gasteiger partial charge in [-0.3, -0.25) is 0 Å². The molecule has 1 saturated heterocycles. The molecule has 2 heterocycles. The molecular weight excluding hydrogens is 260 g/mol. The number of rotatable bonds is 2. The molecule has 1 atom stereocenters. The molecule has 1 aromatic rings. The third kappa shape index (κ3) is 2.66. The highest BCUT2D eigenvalue weighted by molar-refractivity contribution is 7.99. The number of nitrogens with zero attached hydrogens (tertiary/aromatic N) is 2. The molecule has 0 aliphatic carbocycles. The normalized spacial score (nSPS) is 20.4. The van der Waals surface area contributed by atoms with E-state index in [2.05, 4.69) is 16.8 Å². The number of pyridine rings is 1. The van der Waals surface area contributed by atoms with Gasteiger partial charge in [0.05, 0.1) is 10.6 Å². The zero-order valence-electron chi connectivity index (χ0n) is 9.39. The van der Waals surface area contributed by atoms with E-state index in [1.54, 1.807) is 6.07 Å². The third-order valence-electron chi connectivity index (χ3n) is 2.73. The lowest BCUT2D eigenvalue weighted by molar-refractivity contribution is 0.0697. The average molecular weight is 273 g/mol. The van der Waals surface area contributed by atoms with Crippen LogP contribution in [0.1, 0.15) is 17.3 Å². The fourth-order valence-corrected chi connectivity index (χ4v) is 3.01. The first-order valence-electron chi connectivity index (χ1n) is 5.33. The van der Waals surface area contributed by atoms with E-state index < -0.39 is 5.97 Å². The summed E-state index contributed by atoms with van der Waals surface area (Å²) >= 11 is 7.70. The van der Waals surface area contributed by atoms with Crippen LogP contribution in [0.2, 0.25) is 5.02 Å². The molecule has 1 aliphatic rings. The minimum atomic E-state index is -1.02. The largest absolute Gasteiger partial charge is 0.478 e. The molecule has 0 radical (unpaired) electrons. The number of thioether (sulfide) groups is 1. The molecule has 4 nitrogen and oxygen atoms in total. The quantitative estimate of drug-likeness (QED) is 0.896. The number of carbonyl (C=O) groups is 1. The second-order valence-corrected chi connectivity index (χ2v) is 5.50. The summed E-state index contributed by atoms with van der Waals surface area (Å²) in [4.78, 5) is 17.3. The standard InChI is InChI=1S/C11H13ClN2O2S/c1-7-6-17-3-2-14(7)10-4-8(11(15)16)9(12)5-13-10/h4-5,7H,2-3,6H2,1H3,(H,15,16). The molecule has 1 aromatic heterocycles. The highest BCUT2D eigenvalue weighted by atomic mass is 35.5. The van der Waals surface area contributed by atoms with Gasteiger partial charge in [-0.2, -0.15) is 11.8 Å². The summed E-state index contributed by atoms with van der Waals surface area (Å²) in [6, 6.07) is 1.92. The Hall–Kier alpha value is -0.940. The van der Waals surface area contributed by atoms with Crippen molar-refractivity contribution in [2.24, 2.45) is 0 Å². The molecule has 0 amide bonds. The van der Waals surface area contributed by atoms with E-state index in [4.69, 9.17) is 16.7 Å². The van der Waals surface area contributed by atoms with Crippen molar-refractivity contribution in [3.05, 3.63) is 22.8 Å². The molecule has 0 saturated carbocycles. The summed E-state index contributed by atoms with van der Waals surface area (Å²) in [6.07, 6.45) is 1.41. The van der Waals surface area contributed by atoms with E-state index in [1.807, 2.05) is 11.8 Å². The Balaban J connectivity index is 2.32. The highest BCUT2D eigenvalue weighted by Crippen LogP contribution is 2.25. The van der Waals surface area contributed by atoms with E-state index in [9.17, 15) is 4.79 Å². The van der Waals surface area contributed by atoms with Crippen LogP contribution in [0, 0.1) is 0 Å². The molecule has 17 heavy (non-hydrogen) atoms. The second kappa shape index (κ2) is 5.14. The Morgan fingerprint density at radius 3 is 3.12 bits per heavy atom. The first-order valence-corrected chi connectivity index (χ1v) is 6.86. The smallest absolute Gasteiger partial charge is 0.337 e. The van der Waals surface area contributed by atoms with Crippen LogP contribution >= 0.6 is 23.4 Å². The summed E-state index contributed by atoms with van der Waals surface area (Å²) in [5.74, 6) is 1.75. The number of halogens is 1. The summed E-state index contributed by atoms with van der Waals surface area (Å²) < 4.78 is 0.